The maximum absolute atomic E-state index is 13.1. The minimum atomic E-state index is -0.934. The summed E-state index contributed by atoms with van der Waals surface area (Å²) in [5.74, 6) is -1.97. The molecular formula is C16H20FNO3. The molecule has 1 aromatic rings. The van der Waals surface area contributed by atoms with Crippen LogP contribution in [0.3, 0.4) is 0 Å². The highest BCUT2D eigenvalue weighted by atomic mass is 19.1. The van der Waals surface area contributed by atoms with Crippen LogP contribution < -0.4 is 5.32 Å². The van der Waals surface area contributed by atoms with Gasteiger partial charge in [-0.15, -0.1) is 0 Å². The van der Waals surface area contributed by atoms with Crippen LogP contribution in [0.2, 0.25) is 0 Å². The van der Waals surface area contributed by atoms with Crippen molar-refractivity contribution in [3.8, 4) is 0 Å². The average molecular weight is 293 g/mol. The molecular weight excluding hydrogens is 273 g/mol. The van der Waals surface area contributed by atoms with Gasteiger partial charge in [-0.1, -0.05) is 19.9 Å². The largest absolute Gasteiger partial charge is 0.481 e. The zero-order chi connectivity index (χ0) is 15.8. The molecule has 1 aliphatic carbocycles. The van der Waals surface area contributed by atoms with E-state index in [1.165, 1.54) is 18.2 Å². The van der Waals surface area contributed by atoms with Crippen LogP contribution in [0.4, 0.5) is 10.1 Å². The van der Waals surface area contributed by atoms with E-state index in [1.807, 2.05) is 13.8 Å². The van der Waals surface area contributed by atoms with E-state index < -0.39 is 28.5 Å². The summed E-state index contributed by atoms with van der Waals surface area (Å²) < 4.78 is 13.1. The summed E-state index contributed by atoms with van der Waals surface area (Å²) in [6, 6.07) is 5.68. The summed E-state index contributed by atoms with van der Waals surface area (Å²) in [6.07, 6.45) is 0.966. The lowest BCUT2D eigenvalue weighted by molar-refractivity contribution is -0.154. The maximum Gasteiger partial charge on any atom is 0.309 e. The van der Waals surface area contributed by atoms with E-state index in [0.717, 1.165) is 0 Å². The predicted octanol–water partition coefficient (Wildman–Crippen LogP) is 3.29. The van der Waals surface area contributed by atoms with Crippen LogP contribution in [0.5, 0.6) is 0 Å². The van der Waals surface area contributed by atoms with Crippen LogP contribution in [-0.2, 0) is 9.59 Å². The van der Waals surface area contributed by atoms with Crippen molar-refractivity contribution in [1.82, 2.24) is 0 Å². The second-order valence-electron chi connectivity index (χ2n) is 6.45. The average Bonchev–Trinajstić information content (AvgIpc) is 2.61. The molecule has 0 unspecified atom stereocenters. The van der Waals surface area contributed by atoms with Crippen LogP contribution in [-0.4, -0.2) is 17.0 Å². The lowest BCUT2D eigenvalue weighted by atomic mass is 9.65. The summed E-state index contributed by atoms with van der Waals surface area (Å²) in [5.41, 5.74) is -1.22. The second kappa shape index (κ2) is 5.13. The molecule has 4 nitrogen and oxygen atoms in total. The number of anilines is 1. The fourth-order valence-electron chi connectivity index (χ4n) is 3.14. The fraction of sp³-hybridized carbons (Fsp3) is 0.500. The van der Waals surface area contributed by atoms with E-state index in [4.69, 9.17) is 0 Å². The normalized spacial score (nSPS) is 27.3. The van der Waals surface area contributed by atoms with Crippen LogP contribution >= 0.6 is 0 Å². The zero-order valence-electron chi connectivity index (χ0n) is 12.4. The number of aliphatic carboxylic acids is 1. The van der Waals surface area contributed by atoms with Gasteiger partial charge in [0.05, 0.1) is 5.41 Å². The third kappa shape index (κ3) is 2.52. The Hall–Kier alpha value is -1.91. The lowest BCUT2D eigenvalue weighted by Gasteiger charge is -2.37. The Morgan fingerprint density at radius 1 is 1.33 bits per heavy atom. The van der Waals surface area contributed by atoms with Gasteiger partial charge in [-0.3, -0.25) is 9.59 Å². The Morgan fingerprint density at radius 3 is 2.52 bits per heavy atom. The molecule has 1 aliphatic rings. The Kier molecular flexibility index (Phi) is 3.78. The fourth-order valence-corrected chi connectivity index (χ4v) is 3.14. The van der Waals surface area contributed by atoms with Gasteiger partial charge in [0.2, 0.25) is 5.91 Å². The van der Waals surface area contributed by atoms with Gasteiger partial charge in [0.25, 0.3) is 0 Å². The molecule has 0 aromatic heterocycles. The van der Waals surface area contributed by atoms with Crippen LogP contribution in [0.15, 0.2) is 24.3 Å². The molecule has 114 valence electrons. The molecule has 5 heteroatoms. The first kappa shape index (κ1) is 15.5. The smallest absolute Gasteiger partial charge is 0.309 e. The Morgan fingerprint density at radius 2 is 2.00 bits per heavy atom. The molecule has 0 spiro atoms. The molecule has 1 amide bonds. The van der Waals surface area contributed by atoms with Gasteiger partial charge >= 0.3 is 5.97 Å². The molecule has 0 saturated heterocycles. The number of carbonyl (C=O) groups excluding carboxylic acids is 1. The highest BCUT2D eigenvalue weighted by Crippen LogP contribution is 2.56. The van der Waals surface area contributed by atoms with Gasteiger partial charge in [-0.2, -0.15) is 0 Å². The number of carboxylic acid groups (broad SMARTS) is 1. The zero-order valence-corrected chi connectivity index (χ0v) is 12.4. The first-order valence-electron chi connectivity index (χ1n) is 6.98. The molecule has 2 rings (SSSR count). The van der Waals surface area contributed by atoms with E-state index in [0.29, 0.717) is 18.5 Å². The number of hydrogen-bond acceptors (Lipinski definition) is 2. The van der Waals surface area contributed by atoms with E-state index >= 15 is 0 Å². The highest BCUT2D eigenvalue weighted by molar-refractivity contribution is 5.94. The SMILES string of the molecule is CC1(C)[C@H](C(=O)Nc2cccc(F)c2)CC[C@]1(C)C(=O)O. The number of nitrogens with one attached hydrogen (secondary N) is 1. The van der Waals surface area contributed by atoms with E-state index in [9.17, 15) is 19.1 Å². The predicted molar refractivity (Wildman–Crippen MR) is 77.3 cm³/mol. The molecule has 0 heterocycles. The number of rotatable bonds is 3. The maximum atomic E-state index is 13.1. The van der Waals surface area contributed by atoms with Crippen molar-refractivity contribution in [2.45, 2.75) is 33.6 Å². The quantitative estimate of drug-likeness (QED) is 0.898. The van der Waals surface area contributed by atoms with Crippen molar-refractivity contribution in [1.29, 1.82) is 0 Å². The van der Waals surface area contributed by atoms with Gasteiger partial charge in [0, 0.05) is 11.6 Å². The van der Waals surface area contributed by atoms with E-state index in [1.54, 1.807) is 13.0 Å². The number of hydrogen-bond donors (Lipinski definition) is 2. The summed E-state index contributed by atoms with van der Waals surface area (Å²) in [4.78, 5) is 24.0. The third-order valence-corrected chi connectivity index (χ3v) is 5.11. The summed E-state index contributed by atoms with van der Waals surface area (Å²) in [7, 11) is 0. The minimum Gasteiger partial charge on any atom is -0.481 e. The number of halogens is 1. The number of carbonyl (C=O) groups is 2. The van der Waals surface area contributed by atoms with Gasteiger partial charge in [-0.05, 0) is 43.4 Å². The lowest BCUT2D eigenvalue weighted by Crippen LogP contribution is -2.43. The van der Waals surface area contributed by atoms with Crippen molar-refractivity contribution in [3.05, 3.63) is 30.1 Å². The molecule has 2 atom stereocenters. The Balaban J connectivity index is 2.19. The number of carboxylic acids is 1. The van der Waals surface area contributed by atoms with Crippen molar-refractivity contribution >= 4 is 17.6 Å². The van der Waals surface area contributed by atoms with E-state index in [-0.39, 0.29) is 5.91 Å². The van der Waals surface area contributed by atoms with Crippen LogP contribution in [0, 0.1) is 22.6 Å². The topological polar surface area (TPSA) is 66.4 Å². The van der Waals surface area contributed by atoms with E-state index in [2.05, 4.69) is 5.32 Å². The monoisotopic (exact) mass is 293 g/mol. The number of amides is 1. The van der Waals surface area contributed by atoms with Crippen LogP contribution in [0.1, 0.15) is 33.6 Å². The van der Waals surface area contributed by atoms with Crippen molar-refractivity contribution < 1.29 is 19.1 Å². The molecule has 1 fully saturated rings. The van der Waals surface area contributed by atoms with Gasteiger partial charge < -0.3 is 10.4 Å². The standard InChI is InChI=1S/C16H20FNO3/c1-15(2)12(7-8-16(15,3)14(20)21)13(19)18-11-6-4-5-10(17)9-11/h4-6,9,12H,7-8H2,1-3H3,(H,18,19)(H,20,21)/t12-,16+/m0/s1. The summed E-state index contributed by atoms with van der Waals surface area (Å²) >= 11 is 0. The van der Waals surface area contributed by atoms with Crippen LogP contribution in [0.25, 0.3) is 0 Å². The number of benzene rings is 1. The van der Waals surface area contributed by atoms with Gasteiger partial charge in [-0.25, -0.2) is 4.39 Å². The van der Waals surface area contributed by atoms with Gasteiger partial charge in [0.15, 0.2) is 0 Å². The van der Waals surface area contributed by atoms with Crippen molar-refractivity contribution in [3.63, 3.8) is 0 Å². The molecule has 21 heavy (non-hydrogen) atoms. The highest BCUT2D eigenvalue weighted by Gasteiger charge is 2.58. The molecule has 0 aliphatic heterocycles. The molecule has 1 aromatic carbocycles. The minimum absolute atomic E-state index is 0.254. The summed E-state index contributed by atoms with van der Waals surface area (Å²) in [6.45, 7) is 5.30. The summed E-state index contributed by atoms with van der Waals surface area (Å²) in [5, 5.41) is 12.1. The van der Waals surface area contributed by atoms with Crippen molar-refractivity contribution in [2.75, 3.05) is 5.32 Å². The Labute approximate surface area is 123 Å². The first-order valence-corrected chi connectivity index (χ1v) is 6.98. The Bertz CT molecular complexity index is 585. The third-order valence-electron chi connectivity index (χ3n) is 5.11. The molecule has 0 bridgehead atoms. The molecule has 2 N–H and O–H groups in total. The van der Waals surface area contributed by atoms with Crippen molar-refractivity contribution in [2.24, 2.45) is 16.7 Å². The first-order chi connectivity index (χ1) is 9.68. The molecule has 0 radical (unpaired) electrons. The van der Waals surface area contributed by atoms with Gasteiger partial charge in [0.1, 0.15) is 5.82 Å². The second-order valence-corrected chi connectivity index (χ2v) is 6.45. The molecule has 1 saturated carbocycles.